The lowest BCUT2D eigenvalue weighted by atomic mass is 10.2. The van der Waals surface area contributed by atoms with Crippen LogP contribution >= 0.6 is 0 Å². The predicted octanol–water partition coefficient (Wildman–Crippen LogP) is -0.823. The Balaban J connectivity index is 2.64. The third-order valence-electron chi connectivity index (χ3n) is 1.47. The number of nitrogens with zero attached hydrogens (tertiary/aromatic N) is 1. The van der Waals surface area contributed by atoms with Gasteiger partial charge < -0.3 is 15.7 Å². The minimum atomic E-state index is -0.437. The number of primary amides is 1. The second kappa shape index (κ2) is 3.21. The molecule has 0 aromatic heterocycles. The zero-order valence-corrected chi connectivity index (χ0v) is 6.03. The van der Waals surface area contributed by atoms with E-state index in [1.54, 1.807) is 23.3 Å². The zero-order valence-electron chi connectivity index (χ0n) is 6.03. The summed E-state index contributed by atoms with van der Waals surface area (Å²) in [6.07, 6.45) is 5.03. The van der Waals surface area contributed by atoms with Crippen molar-refractivity contribution in [2.75, 3.05) is 13.3 Å². The maximum Gasteiger partial charge on any atom is 0.246 e. The molecule has 0 aliphatic carbocycles. The van der Waals surface area contributed by atoms with Crippen LogP contribution in [0, 0.1) is 0 Å². The summed E-state index contributed by atoms with van der Waals surface area (Å²) in [5.41, 5.74) is 5.55. The van der Waals surface area contributed by atoms with E-state index < -0.39 is 5.91 Å². The van der Waals surface area contributed by atoms with Gasteiger partial charge in [-0.15, -0.1) is 0 Å². The fraction of sp³-hybridized carbons (Fsp3) is 0.286. The molecule has 0 radical (unpaired) electrons. The molecule has 4 heteroatoms. The van der Waals surface area contributed by atoms with E-state index in [4.69, 9.17) is 10.8 Å². The number of hydrogen-bond donors (Lipinski definition) is 2. The first-order chi connectivity index (χ1) is 5.24. The lowest BCUT2D eigenvalue weighted by molar-refractivity contribution is -0.114. The highest BCUT2D eigenvalue weighted by Gasteiger charge is 2.09. The third-order valence-corrected chi connectivity index (χ3v) is 1.47. The fourth-order valence-corrected chi connectivity index (χ4v) is 0.862. The molecule has 4 nitrogen and oxygen atoms in total. The number of allylic oxidation sites excluding steroid dienone is 2. The number of aliphatic hydroxyl groups is 1. The van der Waals surface area contributed by atoms with Crippen LogP contribution in [0.3, 0.4) is 0 Å². The first kappa shape index (κ1) is 7.81. The van der Waals surface area contributed by atoms with Crippen molar-refractivity contribution in [1.29, 1.82) is 0 Å². The Morgan fingerprint density at radius 1 is 1.82 bits per heavy atom. The van der Waals surface area contributed by atoms with Crippen LogP contribution in [0.2, 0.25) is 0 Å². The van der Waals surface area contributed by atoms with Gasteiger partial charge in [0, 0.05) is 11.8 Å². The summed E-state index contributed by atoms with van der Waals surface area (Å²) in [6, 6.07) is 0. The lowest BCUT2D eigenvalue weighted by Crippen LogP contribution is -2.28. The van der Waals surface area contributed by atoms with Crippen molar-refractivity contribution in [3.63, 3.8) is 0 Å². The molecule has 0 spiro atoms. The van der Waals surface area contributed by atoms with Crippen LogP contribution < -0.4 is 5.73 Å². The summed E-state index contributed by atoms with van der Waals surface area (Å²) in [7, 11) is 0. The van der Waals surface area contributed by atoms with Crippen LogP contribution in [0.1, 0.15) is 0 Å². The average Bonchev–Trinajstić information content (AvgIpc) is 2.05. The van der Waals surface area contributed by atoms with Gasteiger partial charge in [0.15, 0.2) is 0 Å². The monoisotopic (exact) mass is 154 g/mol. The number of amides is 1. The Morgan fingerprint density at radius 3 is 3.09 bits per heavy atom. The highest BCUT2D eigenvalue weighted by Crippen LogP contribution is 2.04. The van der Waals surface area contributed by atoms with Crippen LogP contribution in [0.4, 0.5) is 0 Å². The summed E-state index contributed by atoms with van der Waals surface area (Å²) >= 11 is 0. The quantitative estimate of drug-likeness (QED) is 0.546. The molecule has 0 saturated carbocycles. The summed E-state index contributed by atoms with van der Waals surface area (Å²) < 4.78 is 0. The standard InChI is InChI=1S/C7H10N2O2/c8-7(11)6-2-1-3-9(4-6)5-10/h1-3,10H,4-5H2,(H2,8,11). The van der Waals surface area contributed by atoms with Crippen molar-refractivity contribution in [2.24, 2.45) is 5.73 Å². The fourth-order valence-electron chi connectivity index (χ4n) is 0.862. The summed E-state index contributed by atoms with van der Waals surface area (Å²) in [4.78, 5) is 12.2. The smallest absolute Gasteiger partial charge is 0.246 e. The highest BCUT2D eigenvalue weighted by atomic mass is 16.3. The maximum atomic E-state index is 10.6. The summed E-state index contributed by atoms with van der Waals surface area (Å²) in [5.74, 6) is -0.437. The lowest BCUT2D eigenvalue weighted by Gasteiger charge is -2.20. The van der Waals surface area contributed by atoms with Gasteiger partial charge in [-0.25, -0.2) is 0 Å². The third kappa shape index (κ3) is 1.81. The molecule has 0 bridgehead atoms. The van der Waals surface area contributed by atoms with Gasteiger partial charge in [0.2, 0.25) is 5.91 Å². The molecule has 0 aromatic rings. The van der Waals surface area contributed by atoms with Crippen LogP contribution in [0.25, 0.3) is 0 Å². The van der Waals surface area contributed by atoms with Crippen molar-refractivity contribution in [1.82, 2.24) is 4.90 Å². The number of aliphatic hydroxyl groups excluding tert-OH is 1. The minimum Gasteiger partial charge on any atom is -0.376 e. The Morgan fingerprint density at radius 2 is 2.55 bits per heavy atom. The number of carbonyl (C=O) groups excluding carboxylic acids is 1. The zero-order chi connectivity index (χ0) is 8.27. The Kier molecular flexibility index (Phi) is 2.28. The van der Waals surface area contributed by atoms with E-state index >= 15 is 0 Å². The maximum absolute atomic E-state index is 10.6. The van der Waals surface area contributed by atoms with Crippen LogP contribution in [-0.2, 0) is 4.79 Å². The van der Waals surface area contributed by atoms with E-state index in [0.29, 0.717) is 12.1 Å². The molecule has 1 rings (SSSR count). The average molecular weight is 154 g/mol. The Hall–Kier alpha value is -1.29. The number of carbonyl (C=O) groups is 1. The molecule has 0 atom stereocenters. The molecule has 0 saturated heterocycles. The van der Waals surface area contributed by atoms with Crippen molar-refractivity contribution in [3.8, 4) is 0 Å². The summed E-state index contributed by atoms with van der Waals surface area (Å²) in [5, 5.41) is 8.69. The summed E-state index contributed by atoms with van der Waals surface area (Å²) in [6.45, 7) is 0.295. The Labute approximate surface area is 64.6 Å². The Bertz CT molecular complexity index is 220. The molecule has 1 aliphatic rings. The molecule has 0 unspecified atom stereocenters. The van der Waals surface area contributed by atoms with Crippen molar-refractivity contribution in [3.05, 3.63) is 23.9 Å². The highest BCUT2D eigenvalue weighted by molar-refractivity contribution is 5.92. The van der Waals surface area contributed by atoms with Gasteiger partial charge in [-0.1, -0.05) is 6.08 Å². The largest absolute Gasteiger partial charge is 0.376 e. The predicted molar refractivity (Wildman–Crippen MR) is 40.2 cm³/mol. The normalized spacial score (nSPS) is 16.5. The molecular formula is C7H10N2O2. The van der Waals surface area contributed by atoms with Gasteiger partial charge in [-0.05, 0) is 6.08 Å². The van der Waals surface area contributed by atoms with E-state index in [0.717, 1.165) is 0 Å². The van der Waals surface area contributed by atoms with E-state index in [-0.39, 0.29) is 6.73 Å². The molecular weight excluding hydrogens is 144 g/mol. The molecule has 60 valence electrons. The van der Waals surface area contributed by atoms with E-state index in [1.165, 1.54) is 0 Å². The molecule has 3 N–H and O–H groups in total. The van der Waals surface area contributed by atoms with E-state index in [9.17, 15) is 4.79 Å². The SMILES string of the molecule is NC(=O)C1=CC=CN(CO)C1. The van der Waals surface area contributed by atoms with Crippen molar-refractivity contribution in [2.45, 2.75) is 0 Å². The first-order valence-electron chi connectivity index (χ1n) is 3.26. The van der Waals surface area contributed by atoms with Gasteiger partial charge in [-0.2, -0.15) is 0 Å². The van der Waals surface area contributed by atoms with Gasteiger partial charge in [0.25, 0.3) is 0 Å². The van der Waals surface area contributed by atoms with Gasteiger partial charge in [0.1, 0.15) is 6.73 Å². The first-order valence-corrected chi connectivity index (χ1v) is 3.26. The number of nitrogens with two attached hydrogens (primary N) is 1. The van der Waals surface area contributed by atoms with Crippen LogP contribution in [0.15, 0.2) is 23.9 Å². The van der Waals surface area contributed by atoms with Gasteiger partial charge >= 0.3 is 0 Å². The van der Waals surface area contributed by atoms with Crippen LogP contribution in [0.5, 0.6) is 0 Å². The van der Waals surface area contributed by atoms with E-state index in [1.807, 2.05) is 0 Å². The minimum absolute atomic E-state index is 0.0961. The van der Waals surface area contributed by atoms with E-state index in [2.05, 4.69) is 0 Å². The molecule has 0 fully saturated rings. The molecule has 1 heterocycles. The molecule has 1 amide bonds. The van der Waals surface area contributed by atoms with Gasteiger partial charge in [0.05, 0.1) is 6.54 Å². The molecule has 11 heavy (non-hydrogen) atoms. The molecule has 1 aliphatic heterocycles. The van der Waals surface area contributed by atoms with Crippen LogP contribution in [-0.4, -0.2) is 29.2 Å². The number of rotatable bonds is 2. The molecule has 0 aromatic carbocycles. The second-order valence-corrected chi connectivity index (χ2v) is 2.29. The number of hydrogen-bond acceptors (Lipinski definition) is 3. The van der Waals surface area contributed by atoms with Crippen molar-refractivity contribution < 1.29 is 9.90 Å². The topological polar surface area (TPSA) is 66.6 Å². The second-order valence-electron chi connectivity index (χ2n) is 2.29. The van der Waals surface area contributed by atoms with Crippen molar-refractivity contribution >= 4 is 5.91 Å². The van der Waals surface area contributed by atoms with Gasteiger partial charge in [-0.3, -0.25) is 4.79 Å².